The minimum absolute atomic E-state index is 0.0436. The van der Waals surface area contributed by atoms with Crippen molar-refractivity contribution in [2.45, 2.75) is 123 Å². The fourth-order valence-corrected chi connectivity index (χ4v) is 5.58. The van der Waals surface area contributed by atoms with E-state index < -0.39 is 96.0 Å². The second-order valence-corrected chi connectivity index (χ2v) is 14.2. The zero-order valence-corrected chi connectivity index (χ0v) is 34.1. The molecule has 0 radical (unpaired) electrons. The number of rotatable bonds is 25. The van der Waals surface area contributed by atoms with Gasteiger partial charge in [0.2, 0.25) is 35.4 Å². The predicted molar refractivity (Wildman–Crippen MR) is 207 cm³/mol. The van der Waals surface area contributed by atoms with Gasteiger partial charge in [-0.05, 0) is 29.7 Å². The van der Waals surface area contributed by atoms with Crippen LogP contribution in [0.1, 0.15) is 86.1 Å². The number of carboxylic acids is 1. The summed E-state index contributed by atoms with van der Waals surface area (Å²) in [7, 11) is 2.59. The largest absolute Gasteiger partial charge is 0.481 e. The van der Waals surface area contributed by atoms with E-state index in [0.717, 1.165) is 7.11 Å². The molecule has 0 aliphatic rings. The van der Waals surface area contributed by atoms with Gasteiger partial charge in [0, 0.05) is 20.0 Å². The van der Waals surface area contributed by atoms with Crippen LogP contribution < -0.4 is 31.9 Å². The molecule has 17 heteroatoms. The highest BCUT2D eigenvalue weighted by atomic mass is 16.5. The number of aliphatic carboxylic acids is 1. The molecule has 1 aromatic rings. The van der Waals surface area contributed by atoms with Crippen LogP contribution in [-0.2, 0) is 54.3 Å². The molecule has 6 amide bonds. The van der Waals surface area contributed by atoms with E-state index in [1.165, 1.54) is 7.11 Å². The van der Waals surface area contributed by atoms with Crippen LogP contribution in [0.4, 0.5) is 0 Å². The van der Waals surface area contributed by atoms with Crippen LogP contribution in [0.3, 0.4) is 0 Å². The molecule has 0 saturated heterocycles. The Hall–Kier alpha value is -5.06. The molecule has 0 bridgehead atoms. The highest BCUT2D eigenvalue weighted by molar-refractivity contribution is 5.97. The zero-order chi connectivity index (χ0) is 42.5. The number of nitrogens with one attached hydrogen (secondary N) is 6. The van der Waals surface area contributed by atoms with Crippen LogP contribution in [-0.4, -0.2) is 110 Å². The summed E-state index contributed by atoms with van der Waals surface area (Å²) in [4.78, 5) is 105. The Balaban J connectivity index is 3.41. The summed E-state index contributed by atoms with van der Waals surface area (Å²) < 4.78 is 9.66. The molecule has 56 heavy (non-hydrogen) atoms. The van der Waals surface area contributed by atoms with Crippen molar-refractivity contribution in [3.63, 3.8) is 0 Å². The molecule has 7 N–H and O–H groups in total. The van der Waals surface area contributed by atoms with Gasteiger partial charge in [-0.2, -0.15) is 0 Å². The average molecular weight is 791 g/mol. The highest BCUT2D eigenvalue weighted by Crippen LogP contribution is 2.14. The second-order valence-electron chi connectivity index (χ2n) is 14.2. The van der Waals surface area contributed by atoms with E-state index in [1.807, 2.05) is 13.8 Å². The van der Waals surface area contributed by atoms with Gasteiger partial charge in [0.15, 0.2) is 0 Å². The predicted octanol–water partition coefficient (Wildman–Crippen LogP) is 0.980. The van der Waals surface area contributed by atoms with Crippen molar-refractivity contribution >= 4 is 47.4 Å². The molecule has 0 spiro atoms. The number of carbonyl (C=O) groups excluding carboxylic acids is 7. The fourth-order valence-electron chi connectivity index (χ4n) is 5.58. The maximum Gasteiger partial charge on any atom is 0.328 e. The highest BCUT2D eigenvalue weighted by Gasteiger charge is 2.36. The maximum absolute atomic E-state index is 14.1. The second kappa shape index (κ2) is 25.2. The first kappa shape index (κ1) is 49.0. The summed E-state index contributed by atoms with van der Waals surface area (Å²) >= 11 is 0. The number of hydrogen-bond donors (Lipinski definition) is 7. The standard InChI is InChI=1S/C39H62N6O11/c1-10-23(6)32(43-29(46)18-19-55-8)38(53)44-31(22(4)5)36(51)45-33(24(7)11-2)37(52)42-27(20-25-16-14-13-15-17-25)34(49)41-28(21-30(47)48)35(50)40-26(12-3)39(54)56-9/h13-17,22-24,26-28,31-33H,10-12,18-21H2,1-9H3,(H,40,50)(H,41,49)(H,42,52)(H,43,46)(H,44,53)(H,45,51)(H,47,48)/t23-,24-,26?,27-,28-,31-,32-,33-/m0/s1. The number of ether oxygens (including phenoxy) is 2. The number of hydrogen-bond acceptors (Lipinski definition) is 10. The normalized spacial score (nSPS) is 15.3. The first-order valence-electron chi connectivity index (χ1n) is 19.1. The van der Waals surface area contributed by atoms with E-state index in [9.17, 15) is 43.5 Å². The number of amides is 6. The van der Waals surface area contributed by atoms with E-state index in [0.29, 0.717) is 18.4 Å². The van der Waals surface area contributed by atoms with Gasteiger partial charge in [-0.25, -0.2) is 4.79 Å². The van der Waals surface area contributed by atoms with Gasteiger partial charge in [0.25, 0.3) is 0 Å². The first-order chi connectivity index (χ1) is 26.4. The number of carboxylic acid groups (broad SMARTS) is 1. The minimum atomic E-state index is -1.63. The monoisotopic (exact) mass is 790 g/mol. The van der Waals surface area contributed by atoms with Gasteiger partial charge >= 0.3 is 11.9 Å². The Labute approximate surface area is 329 Å². The summed E-state index contributed by atoms with van der Waals surface area (Å²) in [5.74, 6) is -7.54. The summed E-state index contributed by atoms with van der Waals surface area (Å²) in [5.41, 5.74) is 0.626. The lowest BCUT2D eigenvalue weighted by molar-refractivity contribution is -0.146. The van der Waals surface area contributed by atoms with Crippen molar-refractivity contribution in [3.8, 4) is 0 Å². The van der Waals surface area contributed by atoms with Crippen molar-refractivity contribution < 1.29 is 52.9 Å². The maximum atomic E-state index is 14.1. The first-order valence-corrected chi connectivity index (χ1v) is 19.1. The molecular formula is C39H62N6O11. The molecule has 1 aromatic carbocycles. The van der Waals surface area contributed by atoms with Crippen molar-refractivity contribution in [3.05, 3.63) is 35.9 Å². The van der Waals surface area contributed by atoms with Crippen molar-refractivity contribution in [1.29, 1.82) is 0 Å². The topological polar surface area (TPSA) is 247 Å². The summed E-state index contributed by atoms with van der Waals surface area (Å²) in [6.07, 6.45) is 0.260. The van der Waals surface area contributed by atoms with E-state index in [4.69, 9.17) is 9.47 Å². The van der Waals surface area contributed by atoms with E-state index in [2.05, 4.69) is 31.9 Å². The summed E-state index contributed by atoms with van der Waals surface area (Å²) in [6.45, 7) is 12.4. The molecule has 0 fully saturated rings. The van der Waals surface area contributed by atoms with Crippen LogP contribution in [0.5, 0.6) is 0 Å². The van der Waals surface area contributed by atoms with Crippen LogP contribution >= 0.6 is 0 Å². The molecule has 1 rings (SSSR count). The van der Waals surface area contributed by atoms with Gasteiger partial charge < -0.3 is 46.5 Å². The lowest BCUT2D eigenvalue weighted by Crippen LogP contribution is -2.62. The van der Waals surface area contributed by atoms with Gasteiger partial charge in [-0.1, -0.05) is 91.6 Å². The third-order valence-electron chi connectivity index (χ3n) is 9.52. The molecule has 8 atom stereocenters. The SMILES string of the molecule is CCC(NC(=O)[C@H](CC(=O)O)NC(=O)[C@H](Cc1ccccc1)NC(=O)[C@@H](NC(=O)[C@@H](NC(=O)[C@@H](NC(=O)CCOC)[C@@H](C)CC)C(C)C)[C@@H](C)CC)C(=O)OC. The van der Waals surface area contributed by atoms with Crippen LogP contribution in [0, 0.1) is 17.8 Å². The molecule has 0 heterocycles. The average Bonchev–Trinajstić information content (AvgIpc) is 3.17. The lowest BCUT2D eigenvalue weighted by Gasteiger charge is -2.31. The Morgan fingerprint density at radius 2 is 1.09 bits per heavy atom. The molecule has 1 unspecified atom stereocenters. The number of benzene rings is 1. The zero-order valence-electron chi connectivity index (χ0n) is 34.1. The smallest absolute Gasteiger partial charge is 0.328 e. The van der Waals surface area contributed by atoms with Crippen molar-refractivity contribution in [2.24, 2.45) is 17.8 Å². The van der Waals surface area contributed by atoms with Gasteiger partial charge in [0.1, 0.15) is 36.3 Å². The molecule has 314 valence electrons. The number of methoxy groups -OCH3 is 2. The molecule has 0 aliphatic heterocycles. The third-order valence-corrected chi connectivity index (χ3v) is 9.52. The molecule has 0 aromatic heterocycles. The molecule has 17 nitrogen and oxygen atoms in total. The van der Waals surface area contributed by atoms with Crippen molar-refractivity contribution in [2.75, 3.05) is 20.8 Å². The van der Waals surface area contributed by atoms with Gasteiger partial charge in [-0.3, -0.25) is 33.6 Å². The van der Waals surface area contributed by atoms with Crippen LogP contribution in [0.15, 0.2) is 30.3 Å². The van der Waals surface area contributed by atoms with Gasteiger partial charge in [0.05, 0.1) is 20.1 Å². The summed E-state index contributed by atoms with van der Waals surface area (Å²) in [5, 5.41) is 25.3. The number of carbonyl (C=O) groups is 8. The molecule has 0 saturated carbocycles. The van der Waals surface area contributed by atoms with Gasteiger partial charge in [-0.15, -0.1) is 0 Å². The Morgan fingerprint density at radius 3 is 1.59 bits per heavy atom. The molecular weight excluding hydrogens is 728 g/mol. The van der Waals surface area contributed by atoms with E-state index in [1.54, 1.807) is 65.0 Å². The third kappa shape index (κ3) is 16.4. The lowest BCUT2D eigenvalue weighted by atomic mass is 9.94. The molecule has 0 aliphatic carbocycles. The van der Waals surface area contributed by atoms with E-state index in [-0.39, 0.29) is 37.7 Å². The Bertz CT molecular complexity index is 1470. The van der Waals surface area contributed by atoms with Crippen LogP contribution in [0.25, 0.3) is 0 Å². The summed E-state index contributed by atoms with van der Waals surface area (Å²) in [6, 6.07) is 1.32. The van der Waals surface area contributed by atoms with Crippen LogP contribution in [0.2, 0.25) is 0 Å². The Kier molecular flexibility index (Phi) is 22.0. The Morgan fingerprint density at radius 1 is 0.607 bits per heavy atom. The quantitative estimate of drug-likeness (QED) is 0.0688. The van der Waals surface area contributed by atoms with Crippen molar-refractivity contribution in [1.82, 2.24) is 31.9 Å². The van der Waals surface area contributed by atoms with E-state index >= 15 is 0 Å². The minimum Gasteiger partial charge on any atom is -0.481 e. The number of esters is 1. The fraction of sp³-hybridized carbons (Fsp3) is 0.641.